The lowest BCUT2D eigenvalue weighted by Crippen LogP contribution is -2.39. The van der Waals surface area contributed by atoms with E-state index in [-0.39, 0.29) is 17.8 Å². The molecule has 0 amide bonds. The van der Waals surface area contributed by atoms with Crippen molar-refractivity contribution in [1.29, 1.82) is 0 Å². The quantitative estimate of drug-likeness (QED) is 0.501. The molecule has 2 atom stereocenters. The van der Waals surface area contributed by atoms with Crippen molar-refractivity contribution in [3.8, 4) is 11.5 Å². The molecule has 1 fully saturated rings. The first-order valence-corrected chi connectivity index (χ1v) is 9.53. The van der Waals surface area contributed by atoms with Gasteiger partial charge in [-0.15, -0.1) is 0 Å². The van der Waals surface area contributed by atoms with Gasteiger partial charge in [-0.25, -0.2) is 14.4 Å². The van der Waals surface area contributed by atoms with Gasteiger partial charge in [0, 0.05) is 24.1 Å². The van der Waals surface area contributed by atoms with E-state index in [0.29, 0.717) is 18.4 Å². The Hall–Kier alpha value is -3.15. The maximum Gasteiger partial charge on any atom is 0.226 e. The third kappa shape index (κ3) is 4.22. The Kier molecular flexibility index (Phi) is 5.37. The number of aromatic nitrogens is 1. The van der Waals surface area contributed by atoms with Crippen molar-refractivity contribution in [3.05, 3.63) is 77.9 Å². The lowest BCUT2D eigenvalue weighted by Gasteiger charge is -2.11. The van der Waals surface area contributed by atoms with Crippen LogP contribution in [-0.4, -0.2) is 23.5 Å². The van der Waals surface area contributed by atoms with E-state index in [0.717, 1.165) is 29.8 Å². The van der Waals surface area contributed by atoms with E-state index in [1.165, 1.54) is 6.07 Å². The predicted octanol–water partition coefficient (Wildman–Crippen LogP) is 4.09. The van der Waals surface area contributed by atoms with Crippen molar-refractivity contribution in [2.24, 2.45) is 4.99 Å². The Labute approximate surface area is 163 Å². The molecule has 0 bridgehead atoms. The molecule has 6 heteroatoms. The summed E-state index contributed by atoms with van der Waals surface area (Å²) in [6.07, 6.45) is 2.53. The topological polar surface area (TPSA) is 62.5 Å². The molecule has 1 heterocycles. The van der Waals surface area contributed by atoms with E-state index >= 15 is 0 Å². The van der Waals surface area contributed by atoms with Gasteiger partial charge in [0.2, 0.25) is 5.89 Å². The molecule has 1 aromatic heterocycles. The maximum absolute atomic E-state index is 14.0. The molecule has 5 nitrogen and oxygen atoms in total. The Morgan fingerprint density at radius 3 is 2.75 bits per heavy atom. The molecule has 3 aromatic rings. The summed E-state index contributed by atoms with van der Waals surface area (Å²) in [4.78, 5) is 9.10. The average molecular weight is 378 g/mol. The summed E-state index contributed by atoms with van der Waals surface area (Å²) in [5.74, 6) is 1.33. The molecule has 2 unspecified atom stereocenters. The molecule has 0 saturated heterocycles. The van der Waals surface area contributed by atoms with Crippen LogP contribution in [0.25, 0.3) is 11.5 Å². The summed E-state index contributed by atoms with van der Waals surface area (Å²) in [7, 11) is 0. The highest BCUT2D eigenvalue weighted by molar-refractivity contribution is 5.80. The van der Waals surface area contributed by atoms with E-state index in [2.05, 4.69) is 20.6 Å². The highest BCUT2D eigenvalue weighted by Crippen LogP contribution is 2.41. The monoisotopic (exact) mass is 378 g/mol. The molecule has 0 aliphatic heterocycles. The second kappa shape index (κ2) is 8.25. The first kappa shape index (κ1) is 18.2. The Morgan fingerprint density at radius 2 is 1.96 bits per heavy atom. The van der Waals surface area contributed by atoms with Crippen LogP contribution in [0, 0.1) is 5.82 Å². The van der Waals surface area contributed by atoms with Crippen LogP contribution >= 0.6 is 0 Å². The van der Waals surface area contributed by atoms with Gasteiger partial charge in [-0.2, -0.15) is 0 Å². The third-order valence-electron chi connectivity index (χ3n) is 4.73. The fourth-order valence-corrected chi connectivity index (χ4v) is 3.22. The van der Waals surface area contributed by atoms with Gasteiger partial charge in [-0.3, -0.25) is 0 Å². The van der Waals surface area contributed by atoms with Crippen molar-refractivity contribution in [2.75, 3.05) is 6.54 Å². The van der Waals surface area contributed by atoms with Crippen molar-refractivity contribution in [3.63, 3.8) is 0 Å². The molecule has 1 saturated carbocycles. The second-order valence-corrected chi connectivity index (χ2v) is 6.82. The molecule has 1 aliphatic carbocycles. The predicted molar refractivity (Wildman–Crippen MR) is 107 cm³/mol. The van der Waals surface area contributed by atoms with Gasteiger partial charge in [0.1, 0.15) is 17.8 Å². The Morgan fingerprint density at radius 1 is 1.18 bits per heavy atom. The van der Waals surface area contributed by atoms with E-state index in [9.17, 15) is 4.39 Å². The number of aliphatic imine (C=N–C) groups is 1. The molecule has 2 aromatic carbocycles. The van der Waals surface area contributed by atoms with Crippen LogP contribution in [0.5, 0.6) is 0 Å². The largest absolute Gasteiger partial charge is 0.444 e. The van der Waals surface area contributed by atoms with E-state index in [4.69, 9.17) is 4.42 Å². The van der Waals surface area contributed by atoms with Gasteiger partial charge < -0.3 is 15.1 Å². The average Bonchev–Trinajstić information content (AvgIpc) is 3.31. The van der Waals surface area contributed by atoms with Gasteiger partial charge in [0.15, 0.2) is 5.96 Å². The molecule has 1 aliphatic rings. The number of hydrogen-bond donors (Lipinski definition) is 2. The van der Waals surface area contributed by atoms with Crippen molar-refractivity contribution in [1.82, 2.24) is 15.6 Å². The summed E-state index contributed by atoms with van der Waals surface area (Å²) in [5.41, 5.74) is 2.46. The minimum Gasteiger partial charge on any atom is -0.444 e. The Bertz CT molecular complexity index is 954. The SMILES string of the molecule is CCNC(=NCc1coc(-c2ccccc2)n1)NC1CC1c1ccccc1F. The smallest absolute Gasteiger partial charge is 0.226 e. The molecule has 4 rings (SSSR count). The lowest BCUT2D eigenvalue weighted by molar-refractivity contribution is 0.572. The number of nitrogens with one attached hydrogen (secondary N) is 2. The van der Waals surface area contributed by atoms with Crippen LogP contribution < -0.4 is 10.6 Å². The summed E-state index contributed by atoms with van der Waals surface area (Å²) in [5, 5.41) is 6.63. The zero-order valence-electron chi connectivity index (χ0n) is 15.7. The number of hydrogen-bond acceptors (Lipinski definition) is 3. The van der Waals surface area contributed by atoms with Crippen LogP contribution in [0.2, 0.25) is 0 Å². The standard InChI is InChI=1S/C22H23FN4O/c1-2-24-22(27-20-12-18(20)17-10-6-7-11-19(17)23)25-13-16-14-28-21(26-16)15-8-4-3-5-9-15/h3-11,14,18,20H,2,12-13H2,1H3,(H2,24,25,27). The van der Waals surface area contributed by atoms with Crippen LogP contribution in [0.15, 0.2) is 70.3 Å². The molecule has 28 heavy (non-hydrogen) atoms. The van der Waals surface area contributed by atoms with E-state index in [1.54, 1.807) is 12.3 Å². The van der Waals surface area contributed by atoms with Crippen LogP contribution in [0.1, 0.15) is 30.5 Å². The highest BCUT2D eigenvalue weighted by atomic mass is 19.1. The second-order valence-electron chi connectivity index (χ2n) is 6.82. The zero-order chi connectivity index (χ0) is 19.3. The lowest BCUT2D eigenvalue weighted by atomic mass is 10.1. The van der Waals surface area contributed by atoms with Crippen LogP contribution in [0.4, 0.5) is 4.39 Å². The number of benzene rings is 2. The van der Waals surface area contributed by atoms with Crippen LogP contribution in [-0.2, 0) is 6.54 Å². The Balaban J connectivity index is 1.39. The first-order chi connectivity index (χ1) is 13.7. The summed E-state index contributed by atoms with van der Waals surface area (Å²) in [6, 6.07) is 16.9. The maximum atomic E-state index is 14.0. The fraction of sp³-hybridized carbons (Fsp3) is 0.273. The van der Waals surface area contributed by atoms with E-state index in [1.807, 2.05) is 49.4 Å². The molecule has 2 N–H and O–H groups in total. The summed E-state index contributed by atoms with van der Waals surface area (Å²) in [6.45, 7) is 3.17. The van der Waals surface area contributed by atoms with Crippen LogP contribution in [0.3, 0.4) is 0 Å². The normalized spacial score (nSPS) is 18.7. The molecule has 0 radical (unpaired) electrons. The third-order valence-corrected chi connectivity index (χ3v) is 4.73. The van der Waals surface area contributed by atoms with Gasteiger partial charge in [-0.05, 0) is 37.1 Å². The minimum absolute atomic E-state index is 0.144. The first-order valence-electron chi connectivity index (χ1n) is 9.53. The number of nitrogens with zero attached hydrogens (tertiary/aromatic N) is 2. The molecular formula is C22H23FN4O. The summed E-state index contributed by atoms with van der Waals surface area (Å²) < 4.78 is 19.5. The number of rotatable bonds is 6. The van der Waals surface area contributed by atoms with Crippen molar-refractivity contribution >= 4 is 5.96 Å². The van der Waals surface area contributed by atoms with Crippen molar-refractivity contribution < 1.29 is 8.81 Å². The summed E-state index contributed by atoms with van der Waals surface area (Å²) >= 11 is 0. The number of oxazole rings is 1. The van der Waals surface area contributed by atoms with Gasteiger partial charge >= 0.3 is 0 Å². The molecule has 0 spiro atoms. The van der Waals surface area contributed by atoms with Gasteiger partial charge in [0.05, 0.1) is 6.54 Å². The number of halogens is 1. The van der Waals surface area contributed by atoms with Gasteiger partial charge in [0.25, 0.3) is 0 Å². The van der Waals surface area contributed by atoms with Gasteiger partial charge in [-0.1, -0.05) is 36.4 Å². The zero-order valence-corrected chi connectivity index (χ0v) is 15.7. The molecular weight excluding hydrogens is 355 g/mol. The van der Waals surface area contributed by atoms with E-state index < -0.39 is 0 Å². The van der Waals surface area contributed by atoms with Crippen molar-refractivity contribution in [2.45, 2.75) is 31.8 Å². The highest BCUT2D eigenvalue weighted by Gasteiger charge is 2.40. The number of guanidine groups is 1. The fourth-order valence-electron chi connectivity index (χ4n) is 3.22. The minimum atomic E-state index is -0.144. The molecule has 144 valence electrons.